The third-order valence-corrected chi connectivity index (χ3v) is 6.70. The van der Waals surface area contributed by atoms with Gasteiger partial charge in [-0.15, -0.1) is 0 Å². The maximum Gasteiger partial charge on any atom is 0.336 e. The van der Waals surface area contributed by atoms with Crippen LogP contribution in [0.1, 0.15) is 51.3 Å². The lowest BCUT2D eigenvalue weighted by atomic mass is 9.79. The predicted molar refractivity (Wildman–Crippen MR) is 128 cm³/mol. The van der Waals surface area contributed by atoms with Crippen molar-refractivity contribution in [2.75, 3.05) is 7.11 Å². The highest BCUT2D eigenvalue weighted by molar-refractivity contribution is 6.23. The molecule has 0 bridgehead atoms. The maximum absolute atomic E-state index is 13.6. The minimum absolute atomic E-state index is 0.0487. The second-order valence-corrected chi connectivity index (χ2v) is 8.75. The summed E-state index contributed by atoms with van der Waals surface area (Å²) in [5, 5.41) is 3.34. The molecule has 1 atom stereocenters. The first-order valence-corrected chi connectivity index (χ1v) is 11.0. The van der Waals surface area contributed by atoms with Gasteiger partial charge in [-0.2, -0.15) is 0 Å². The van der Waals surface area contributed by atoms with Crippen LogP contribution in [0.2, 0.25) is 0 Å². The zero-order valence-electron chi connectivity index (χ0n) is 19.4. The van der Waals surface area contributed by atoms with Gasteiger partial charge >= 0.3 is 5.97 Å². The number of carbonyl (C=O) groups is 2. The molecule has 2 aromatic carbocycles. The van der Waals surface area contributed by atoms with Crippen molar-refractivity contribution >= 4 is 17.4 Å². The Balaban J connectivity index is 1.76. The SMILES string of the molecule is COC(=O)C1=C(C)NC2=C(C(=O)c3ccccc32)[C@H]1c1cc(C)n(-c2cccc(C)c2)c1C. The first-order valence-electron chi connectivity index (χ1n) is 11.0. The number of carbonyl (C=O) groups excluding carboxylic acids is 2. The molecule has 0 spiro atoms. The van der Waals surface area contributed by atoms with E-state index in [1.54, 1.807) is 0 Å². The number of allylic oxidation sites excluding steroid dienone is 2. The monoisotopic (exact) mass is 438 g/mol. The van der Waals surface area contributed by atoms with E-state index in [4.69, 9.17) is 4.74 Å². The summed E-state index contributed by atoms with van der Waals surface area (Å²) in [5.74, 6) is -0.994. The van der Waals surface area contributed by atoms with Crippen molar-refractivity contribution in [3.63, 3.8) is 0 Å². The number of hydrogen-bond donors (Lipinski definition) is 1. The van der Waals surface area contributed by atoms with E-state index in [0.29, 0.717) is 22.4 Å². The van der Waals surface area contributed by atoms with Crippen molar-refractivity contribution in [2.24, 2.45) is 0 Å². The molecule has 3 aromatic rings. The van der Waals surface area contributed by atoms with E-state index in [2.05, 4.69) is 48.0 Å². The number of nitrogens with one attached hydrogen (secondary N) is 1. The van der Waals surface area contributed by atoms with Crippen molar-refractivity contribution in [1.29, 1.82) is 0 Å². The molecule has 0 unspecified atom stereocenters. The molecule has 2 aliphatic rings. The summed E-state index contributed by atoms with van der Waals surface area (Å²) in [4.78, 5) is 26.6. The molecule has 5 nitrogen and oxygen atoms in total. The normalized spacial score (nSPS) is 17.1. The van der Waals surface area contributed by atoms with Gasteiger partial charge in [-0.05, 0) is 57.0 Å². The number of aromatic nitrogens is 1. The average Bonchev–Trinajstić information content (AvgIpc) is 3.25. The van der Waals surface area contributed by atoms with E-state index in [1.165, 1.54) is 12.7 Å². The highest BCUT2D eigenvalue weighted by Crippen LogP contribution is 2.48. The van der Waals surface area contributed by atoms with Crippen LogP contribution in [0.15, 0.2) is 71.4 Å². The number of fused-ring (bicyclic) bond motifs is 2. The number of dihydropyridines is 1. The number of methoxy groups -OCH3 is 1. The lowest BCUT2D eigenvalue weighted by Crippen LogP contribution is -2.29. The molecule has 0 radical (unpaired) electrons. The number of ketones is 1. The predicted octanol–water partition coefficient (Wildman–Crippen LogP) is 5.14. The Morgan fingerprint density at radius 2 is 1.70 bits per heavy atom. The van der Waals surface area contributed by atoms with Crippen molar-refractivity contribution in [1.82, 2.24) is 9.88 Å². The zero-order valence-corrected chi connectivity index (χ0v) is 19.4. The molecule has 33 heavy (non-hydrogen) atoms. The van der Waals surface area contributed by atoms with Crippen LogP contribution in [0.4, 0.5) is 0 Å². The number of rotatable bonds is 3. The number of ether oxygens (including phenoxy) is 1. The van der Waals surface area contributed by atoms with Gasteiger partial charge < -0.3 is 14.6 Å². The summed E-state index contributed by atoms with van der Waals surface area (Å²) in [7, 11) is 1.38. The Morgan fingerprint density at radius 3 is 2.39 bits per heavy atom. The summed E-state index contributed by atoms with van der Waals surface area (Å²) in [6.07, 6.45) is 0. The average molecular weight is 439 g/mol. The molecule has 1 N–H and O–H groups in total. The Bertz CT molecular complexity index is 1400. The van der Waals surface area contributed by atoms with Gasteiger partial charge in [0.25, 0.3) is 0 Å². The molecule has 0 saturated heterocycles. The van der Waals surface area contributed by atoms with E-state index in [-0.39, 0.29) is 5.78 Å². The van der Waals surface area contributed by atoms with Crippen LogP contribution in [0.5, 0.6) is 0 Å². The standard InChI is InChI=1S/C28H26N2O3/c1-15-9-8-10-19(13-15)30-16(2)14-22(18(30)4)24-23(28(32)33-5)17(3)29-26-20-11-6-7-12-21(20)27(31)25(24)26/h6-14,24,29H,1-5H3/t24-/m0/s1. The number of hydrogen-bond acceptors (Lipinski definition) is 4. The smallest absolute Gasteiger partial charge is 0.336 e. The molecular formula is C28H26N2O3. The minimum atomic E-state index is -0.515. The number of aryl methyl sites for hydroxylation is 2. The van der Waals surface area contributed by atoms with Crippen LogP contribution < -0.4 is 5.32 Å². The molecule has 0 amide bonds. The molecular weight excluding hydrogens is 412 g/mol. The highest BCUT2D eigenvalue weighted by Gasteiger charge is 2.43. The first-order chi connectivity index (χ1) is 15.8. The molecule has 166 valence electrons. The third kappa shape index (κ3) is 3.07. The number of nitrogens with zero attached hydrogens (tertiary/aromatic N) is 1. The van der Waals surface area contributed by atoms with Gasteiger partial charge in [0, 0.05) is 39.5 Å². The van der Waals surface area contributed by atoms with Gasteiger partial charge in [0.1, 0.15) is 0 Å². The van der Waals surface area contributed by atoms with Crippen LogP contribution in [-0.2, 0) is 9.53 Å². The van der Waals surface area contributed by atoms with Gasteiger partial charge in [-0.25, -0.2) is 4.79 Å². The van der Waals surface area contributed by atoms with Gasteiger partial charge in [-0.3, -0.25) is 4.79 Å². The molecule has 0 fully saturated rings. The van der Waals surface area contributed by atoms with Gasteiger partial charge in [0.15, 0.2) is 5.78 Å². The third-order valence-electron chi connectivity index (χ3n) is 6.70. The van der Waals surface area contributed by atoms with Crippen LogP contribution >= 0.6 is 0 Å². The highest BCUT2D eigenvalue weighted by atomic mass is 16.5. The molecule has 5 heteroatoms. The number of esters is 1. The Morgan fingerprint density at radius 1 is 0.970 bits per heavy atom. The second-order valence-electron chi connectivity index (χ2n) is 8.75. The van der Waals surface area contributed by atoms with E-state index in [9.17, 15) is 9.59 Å². The fourth-order valence-electron chi connectivity index (χ4n) is 5.26. The van der Waals surface area contributed by atoms with Crippen molar-refractivity contribution in [2.45, 2.75) is 33.6 Å². The molecule has 0 saturated carbocycles. The van der Waals surface area contributed by atoms with Crippen LogP contribution in [0, 0.1) is 20.8 Å². The number of Topliss-reactive ketones (excluding diaryl/α,β-unsaturated/α-hetero) is 1. The van der Waals surface area contributed by atoms with Gasteiger partial charge in [0.05, 0.1) is 24.3 Å². The number of benzene rings is 2. The Hall–Kier alpha value is -3.86. The van der Waals surface area contributed by atoms with Crippen LogP contribution in [-0.4, -0.2) is 23.4 Å². The Labute approximate surface area is 193 Å². The van der Waals surface area contributed by atoms with Crippen LogP contribution in [0.3, 0.4) is 0 Å². The first kappa shape index (κ1) is 21.0. The second kappa shape index (κ2) is 7.62. The summed E-state index contributed by atoms with van der Waals surface area (Å²) in [5.41, 5.74) is 9.29. The largest absolute Gasteiger partial charge is 0.466 e. The van der Waals surface area contributed by atoms with E-state index >= 15 is 0 Å². The molecule has 1 aliphatic heterocycles. The van der Waals surface area contributed by atoms with E-state index in [1.807, 2.05) is 44.2 Å². The zero-order chi connectivity index (χ0) is 23.4. The van der Waals surface area contributed by atoms with E-state index in [0.717, 1.165) is 33.9 Å². The van der Waals surface area contributed by atoms with Gasteiger partial charge in [0.2, 0.25) is 0 Å². The fourth-order valence-corrected chi connectivity index (χ4v) is 5.26. The minimum Gasteiger partial charge on any atom is -0.466 e. The van der Waals surface area contributed by atoms with Crippen molar-refractivity contribution in [3.8, 4) is 5.69 Å². The Kier molecular flexibility index (Phi) is 4.85. The fraction of sp³-hybridized carbons (Fsp3) is 0.214. The lowest BCUT2D eigenvalue weighted by Gasteiger charge is -2.29. The molecule has 1 aromatic heterocycles. The summed E-state index contributed by atoms with van der Waals surface area (Å²) in [6.45, 7) is 8.03. The van der Waals surface area contributed by atoms with E-state index < -0.39 is 11.9 Å². The molecule has 2 heterocycles. The summed E-state index contributed by atoms with van der Waals surface area (Å²) >= 11 is 0. The van der Waals surface area contributed by atoms with Crippen LogP contribution in [0.25, 0.3) is 11.4 Å². The maximum atomic E-state index is 13.6. The quantitative estimate of drug-likeness (QED) is 0.575. The van der Waals surface area contributed by atoms with Crippen molar-refractivity contribution in [3.05, 3.63) is 105 Å². The lowest BCUT2D eigenvalue weighted by molar-refractivity contribution is -0.136. The summed E-state index contributed by atoms with van der Waals surface area (Å²) in [6, 6.07) is 18.0. The van der Waals surface area contributed by atoms with Gasteiger partial charge in [-0.1, -0.05) is 36.4 Å². The molecule has 5 rings (SSSR count). The van der Waals surface area contributed by atoms with Crippen molar-refractivity contribution < 1.29 is 14.3 Å². The summed E-state index contributed by atoms with van der Waals surface area (Å²) < 4.78 is 7.35. The molecule has 1 aliphatic carbocycles. The topological polar surface area (TPSA) is 60.3 Å².